The van der Waals surface area contributed by atoms with Gasteiger partial charge in [-0.1, -0.05) is 58.1 Å². The molecule has 19 heavy (non-hydrogen) atoms. The van der Waals surface area contributed by atoms with E-state index in [1.165, 1.54) is 11.3 Å². The van der Waals surface area contributed by atoms with Crippen molar-refractivity contribution in [3.05, 3.63) is 34.3 Å². The number of hydrogen-bond acceptors (Lipinski definition) is 5. The van der Waals surface area contributed by atoms with Gasteiger partial charge >= 0.3 is 0 Å². The Balaban J connectivity index is 1.91. The fraction of sp³-hybridized carbons (Fsp3) is 0.250. The number of thioether (sulfide) groups is 1. The van der Waals surface area contributed by atoms with Gasteiger partial charge in [0.25, 0.3) is 0 Å². The first kappa shape index (κ1) is 14.5. The van der Waals surface area contributed by atoms with E-state index in [0.717, 1.165) is 20.1 Å². The maximum Gasteiger partial charge on any atom is 0.230 e. The predicted octanol–water partition coefficient (Wildman–Crippen LogP) is 3.59. The zero-order valence-corrected chi connectivity index (χ0v) is 13.4. The minimum atomic E-state index is -0.0773. The molecule has 0 atom stereocenters. The minimum Gasteiger partial charge on any atom is -0.300 e. The van der Waals surface area contributed by atoms with Gasteiger partial charge in [0.2, 0.25) is 11.0 Å². The molecule has 1 aromatic carbocycles. The van der Waals surface area contributed by atoms with Crippen LogP contribution in [0.3, 0.4) is 0 Å². The standard InChI is InChI=1S/C12H12BrN3OS2/c1-2-18-12-16-15-11(19-12)14-10(17)7-8-3-5-9(13)6-4-8/h3-6H,2,7H2,1H3,(H,14,15,17). The van der Waals surface area contributed by atoms with Crippen LogP contribution in [-0.2, 0) is 11.2 Å². The zero-order valence-electron chi connectivity index (χ0n) is 10.2. The second-order valence-electron chi connectivity index (χ2n) is 3.66. The molecule has 100 valence electrons. The van der Waals surface area contributed by atoms with Gasteiger partial charge in [-0.15, -0.1) is 10.2 Å². The quantitative estimate of drug-likeness (QED) is 0.656. The first-order valence-corrected chi connectivity index (χ1v) is 8.27. The highest BCUT2D eigenvalue weighted by Crippen LogP contribution is 2.25. The van der Waals surface area contributed by atoms with Crippen molar-refractivity contribution in [3.8, 4) is 0 Å². The second-order valence-corrected chi connectivity index (χ2v) is 7.06. The number of aromatic nitrogens is 2. The second kappa shape index (κ2) is 7.02. The Bertz CT molecular complexity index is 556. The third kappa shape index (κ3) is 4.59. The van der Waals surface area contributed by atoms with E-state index in [0.29, 0.717) is 11.6 Å². The molecule has 0 saturated heterocycles. The molecule has 0 aliphatic heterocycles. The lowest BCUT2D eigenvalue weighted by Crippen LogP contribution is -2.14. The third-order valence-corrected chi connectivity index (χ3v) is 4.58. The van der Waals surface area contributed by atoms with Crippen LogP contribution in [0.1, 0.15) is 12.5 Å². The van der Waals surface area contributed by atoms with E-state index in [-0.39, 0.29) is 5.91 Å². The van der Waals surface area contributed by atoms with Crippen molar-refractivity contribution in [2.24, 2.45) is 0 Å². The van der Waals surface area contributed by atoms with Gasteiger partial charge in [0, 0.05) is 4.47 Å². The summed E-state index contributed by atoms with van der Waals surface area (Å²) in [4.78, 5) is 11.8. The molecular formula is C12H12BrN3OS2. The first-order chi connectivity index (χ1) is 9.17. The van der Waals surface area contributed by atoms with Crippen molar-refractivity contribution >= 4 is 50.1 Å². The molecule has 2 aromatic rings. The van der Waals surface area contributed by atoms with Crippen LogP contribution in [-0.4, -0.2) is 21.9 Å². The number of hydrogen-bond donors (Lipinski definition) is 1. The summed E-state index contributed by atoms with van der Waals surface area (Å²) in [6.45, 7) is 2.05. The minimum absolute atomic E-state index is 0.0773. The van der Waals surface area contributed by atoms with Gasteiger partial charge in [0.1, 0.15) is 0 Å². The van der Waals surface area contributed by atoms with Gasteiger partial charge < -0.3 is 5.32 Å². The summed E-state index contributed by atoms with van der Waals surface area (Å²) in [5.41, 5.74) is 0.966. The first-order valence-electron chi connectivity index (χ1n) is 5.68. The molecule has 0 unspecified atom stereocenters. The summed E-state index contributed by atoms with van der Waals surface area (Å²) in [6.07, 6.45) is 0.336. The van der Waals surface area contributed by atoms with Crippen LogP contribution in [0.25, 0.3) is 0 Å². The number of carbonyl (C=O) groups is 1. The van der Waals surface area contributed by atoms with Crippen LogP contribution in [0.5, 0.6) is 0 Å². The third-order valence-electron chi connectivity index (χ3n) is 2.20. The summed E-state index contributed by atoms with van der Waals surface area (Å²) in [6, 6.07) is 7.68. The lowest BCUT2D eigenvalue weighted by atomic mass is 10.1. The normalized spacial score (nSPS) is 10.4. The van der Waals surface area contributed by atoms with E-state index < -0.39 is 0 Å². The van der Waals surface area contributed by atoms with E-state index in [1.807, 2.05) is 24.3 Å². The van der Waals surface area contributed by atoms with Crippen molar-refractivity contribution in [3.63, 3.8) is 0 Å². The number of rotatable bonds is 5. The fourth-order valence-corrected chi connectivity index (χ4v) is 3.32. The topological polar surface area (TPSA) is 54.9 Å². The zero-order chi connectivity index (χ0) is 13.7. The van der Waals surface area contributed by atoms with E-state index >= 15 is 0 Å². The van der Waals surface area contributed by atoms with Gasteiger partial charge in [0.15, 0.2) is 4.34 Å². The lowest BCUT2D eigenvalue weighted by Gasteiger charge is -2.01. The predicted molar refractivity (Wildman–Crippen MR) is 82.8 cm³/mol. The molecule has 1 amide bonds. The molecule has 7 heteroatoms. The van der Waals surface area contributed by atoms with Crippen LogP contribution >= 0.6 is 39.0 Å². The van der Waals surface area contributed by atoms with Crippen molar-refractivity contribution < 1.29 is 4.79 Å². The number of nitrogens with zero attached hydrogens (tertiary/aromatic N) is 2. The Kier molecular flexibility index (Phi) is 5.35. The van der Waals surface area contributed by atoms with Gasteiger partial charge in [-0.25, -0.2) is 0 Å². The van der Waals surface area contributed by atoms with Gasteiger partial charge in [-0.05, 0) is 23.4 Å². The van der Waals surface area contributed by atoms with Gasteiger partial charge in [-0.3, -0.25) is 4.79 Å². The maximum absolute atomic E-state index is 11.8. The van der Waals surface area contributed by atoms with E-state index in [2.05, 4.69) is 38.4 Å². The van der Waals surface area contributed by atoms with Crippen LogP contribution in [0, 0.1) is 0 Å². The molecule has 0 saturated carbocycles. The number of anilines is 1. The Hall–Kier alpha value is -0.920. The average Bonchev–Trinajstić information content (AvgIpc) is 2.80. The molecule has 0 spiro atoms. The molecule has 0 aliphatic carbocycles. The molecule has 2 rings (SSSR count). The summed E-state index contributed by atoms with van der Waals surface area (Å²) in [7, 11) is 0. The molecule has 0 aliphatic rings. The number of nitrogens with one attached hydrogen (secondary N) is 1. The number of amides is 1. The Morgan fingerprint density at radius 3 is 2.79 bits per heavy atom. The van der Waals surface area contributed by atoms with Crippen molar-refractivity contribution in [2.75, 3.05) is 11.1 Å². The fourth-order valence-electron chi connectivity index (χ4n) is 1.39. The largest absolute Gasteiger partial charge is 0.300 e. The van der Waals surface area contributed by atoms with Crippen LogP contribution < -0.4 is 5.32 Å². The summed E-state index contributed by atoms with van der Waals surface area (Å²) >= 11 is 6.38. The summed E-state index contributed by atoms with van der Waals surface area (Å²) < 4.78 is 1.88. The Morgan fingerprint density at radius 2 is 2.11 bits per heavy atom. The highest BCUT2D eigenvalue weighted by Gasteiger charge is 2.08. The van der Waals surface area contributed by atoms with Gasteiger partial charge in [-0.2, -0.15) is 0 Å². The number of benzene rings is 1. The molecule has 1 heterocycles. The summed E-state index contributed by atoms with van der Waals surface area (Å²) in [5.74, 6) is 0.869. The molecule has 1 N–H and O–H groups in total. The highest BCUT2D eigenvalue weighted by atomic mass is 79.9. The number of carbonyl (C=O) groups excluding carboxylic acids is 1. The molecule has 4 nitrogen and oxygen atoms in total. The van der Waals surface area contributed by atoms with Crippen molar-refractivity contribution in [2.45, 2.75) is 17.7 Å². The monoisotopic (exact) mass is 357 g/mol. The van der Waals surface area contributed by atoms with E-state index in [4.69, 9.17) is 0 Å². The van der Waals surface area contributed by atoms with Crippen molar-refractivity contribution in [1.29, 1.82) is 0 Å². The van der Waals surface area contributed by atoms with Crippen LogP contribution in [0.2, 0.25) is 0 Å². The molecule has 0 radical (unpaired) electrons. The lowest BCUT2D eigenvalue weighted by molar-refractivity contribution is -0.115. The highest BCUT2D eigenvalue weighted by molar-refractivity contribution is 9.10. The number of halogens is 1. The van der Waals surface area contributed by atoms with E-state index in [1.54, 1.807) is 11.8 Å². The molecule has 0 bridgehead atoms. The Labute approximate surface area is 128 Å². The van der Waals surface area contributed by atoms with E-state index in [9.17, 15) is 4.79 Å². The average molecular weight is 358 g/mol. The molecule has 0 fully saturated rings. The van der Waals surface area contributed by atoms with Crippen molar-refractivity contribution in [1.82, 2.24) is 10.2 Å². The SMILES string of the molecule is CCSc1nnc(NC(=O)Cc2ccc(Br)cc2)s1. The molecule has 1 aromatic heterocycles. The van der Waals surface area contributed by atoms with Crippen LogP contribution in [0.15, 0.2) is 33.1 Å². The maximum atomic E-state index is 11.8. The van der Waals surface area contributed by atoms with Crippen LogP contribution in [0.4, 0.5) is 5.13 Å². The van der Waals surface area contributed by atoms with Gasteiger partial charge in [0.05, 0.1) is 6.42 Å². The molecular weight excluding hydrogens is 346 g/mol. The summed E-state index contributed by atoms with van der Waals surface area (Å²) in [5, 5.41) is 11.2. The smallest absolute Gasteiger partial charge is 0.230 e. The Morgan fingerprint density at radius 1 is 1.37 bits per heavy atom.